The van der Waals surface area contributed by atoms with Gasteiger partial charge in [0.1, 0.15) is 22.5 Å². The molecule has 29 heavy (non-hydrogen) atoms. The molecule has 0 aliphatic rings. The minimum Gasteiger partial charge on any atom is -0.332 e. The molecule has 0 saturated heterocycles. The summed E-state index contributed by atoms with van der Waals surface area (Å²) in [6.45, 7) is 1.85. The van der Waals surface area contributed by atoms with E-state index in [9.17, 15) is 18.8 Å². The van der Waals surface area contributed by atoms with Crippen LogP contribution >= 0.6 is 11.3 Å². The fourth-order valence-electron chi connectivity index (χ4n) is 3.02. The second-order valence-corrected chi connectivity index (χ2v) is 7.39. The number of rotatable bonds is 4. The van der Waals surface area contributed by atoms with Gasteiger partial charge in [-0.25, -0.2) is 13.5 Å². The third kappa shape index (κ3) is 3.48. The van der Waals surface area contributed by atoms with Crippen LogP contribution in [0.1, 0.15) is 27.0 Å². The molecule has 0 radical (unpaired) electrons. The highest BCUT2D eigenvalue weighted by Crippen LogP contribution is 2.31. The van der Waals surface area contributed by atoms with Crippen molar-refractivity contribution < 1.29 is 13.6 Å². The molecular formula is C21H14F2N4OS. The van der Waals surface area contributed by atoms with Crippen LogP contribution < -0.4 is 5.32 Å². The molecule has 0 aliphatic heterocycles. The maximum atomic E-state index is 14.0. The Labute approximate surface area is 168 Å². The zero-order chi connectivity index (χ0) is 20.5. The van der Waals surface area contributed by atoms with Gasteiger partial charge in [-0.15, -0.1) is 11.3 Å². The molecule has 0 fully saturated rings. The van der Waals surface area contributed by atoms with Gasteiger partial charge in [0.2, 0.25) is 0 Å². The summed E-state index contributed by atoms with van der Waals surface area (Å²) in [5.74, 6) is -2.15. The van der Waals surface area contributed by atoms with Crippen LogP contribution in [0, 0.1) is 29.9 Å². The summed E-state index contributed by atoms with van der Waals surface area (Å²) < 4.78 is 28.9. The molecule has 4 aromatic rings. The van der Waals surface area contributed by atoms with Crippen molar-refractivity contribution in [3.8, 4) is 11.8 Å². The van der Waals surface area contributed by atoms with E-state index >= 15 is 0 Å². The number of amides is 1. The summed E-state index contributed by atoms with van der Waals surface area (Å²) in [4.78, 5) is 13.9. The third-order valence-corrected chi connectivity index (χ3v) is 5.56. The van der Waals surface area contributed by atoms with E-state index in [4.69, 9.17) is 0 Å². The van der Waals surface area contributed by atoms with Crippen LogP contribution in [0.15, 0.2) is 54.6 Å². The first-order chi connectivity index (χ1) is 14.0. The molecule has 0 spiro atoms. The summed E-state index contributed by atoms with van der Waals surface area (Å²) >= 11 is 1.23. The molecule has 0 aliphatic carbocycles. The van der Waals surface area contributed by atoms with Crippen molar-refractivity contribution in [1.29, 1.82) is 5.26 Å². The number of nitrogens with one attached hydrogen (secondary N) is 1. The first kappa shape index (κ1) is 18.8. The van der Waals surface area contributed by atoms with Crippen LogP contribution in [0.3, 0.4) is 0 Å². The molecule has 2 heterocycles. The van der Waals surface area contributed by atoms with Crippen molar-refractivity contribution in [3.05, 3.63) is 82.4 Å². The molecule has 1 N–H and O–H groups in total. The number of aromatic nitrogens is 2. The fourth-order valence-corrected chi connectivity index (χ4v) is 4.11. The highest BCUT2D eigenvalue weighted by molar-refractivity contribution is 7.20. The van der Waals surface area contributed by atoms with Crippen molar-refractivity contribution in [2.24, 2.45) is 0 Å². The Balaban J connectivity index is 1.66. The van der Waals surface area contributed by atoms with Crippen LogP contribution in [0.2, 0.25) is 0 Å². The summed E-state index contributed by atoms with van der Waals surface area (Å²) in [6, 6.07) is 14.7. The number of hydrogen-bond donors (Lipinski definition) is 1. The second kappa shape index (κ2) is 7.45. The average Bonchev–Trinajstić information content (AvgIpc) is 3.28. The Morgan fingerprint density at radius 2 is 1.97 bits per heavy atom. The average molecular weight is 408 g/mol. The van der Waals surface area contributed by atoms with Crippen LogP contribution in [0.5, 0.6) is 0 Å². The van der Waals surface area contributed by atoms with E-state index < -0.39 is 23.6 Å². The zero-order valence-electron chi connectivity index (χ0n) is 15.2. The molecule has 1 atom stereocenters. The predicted octanol–water partition coefficient (Wildman–Crippen LogP) is 4.67. The Bertz CT molecular complexity index is 1260. The van der Waals surface area contributed by atoms with Gasteiger partial charge in [0.25, 0.3) is 5.91 Å². The molecule has 144 valence electrons. The van der Waals surface area contributed by atoms with Crippen molar-refractivity contribution in [1.82, 2.24) is 15.1 Å². The monoisotopic (exact) mass is 408 g/mol. The molecular weight excluding hydrogens is 394 g/mol. The number of aryl methyl sites for hydroxylation is 1. The first-order valence-electron chi connectivity index (χ1n) is 8.68. The van der Waals surface area contributed by atoms with E-state index in [2.05, 4.69) is 10.4 Å². The Morgan fingerprint density at radius 3 is 2.66 bits per heavy atom. The first-order valence-corrected chi connectivity index (χ1v) is 9.49. The fraction of sp³-hybridized carbons (Fsp3) is 0.0952. The van der Waals surface area contributed by atoms with Gasteiger partial charge in [-0.1, -0.05) is 24.3 Å². The number of nitriles is 1. The smallest absolute Gasteiger partial charge is 0.262 e. The van der Waals surface area contributed by atoms with E-state index in [0.29, 0.717) is 10.9 Å². The summed E-state index contributed by atoms with van der Waals surface area (Å²) in [5, 5.41) is 17.2. The maximum Gasteiger partial charge on any atom is 0.262 e. The van der Waals surface area contributed by atoms with Crippen LogP contribution in [-0.2, 0) is 0 Å². The Kier molecular flexibility index (Phi) is 4.82. The van der Waals surface area contributed by atoms with E-state index in [-0.39, 0.29) is 5.56 Å². The molecule has 2 aromatic heterocycles. The standard InChI is InChI=1S/C21H14F2N4OS/c1-12-16-10-19(29-21(16)27(26-12)14-5-3-2-4-6-14)20(28)25-18(11-24)15-8-7-13(22)9-17(15)23/h2-10,18H,1H3,(H,25,28). The Morgan fingerprint density at radius 1 is 1.21 bits per heavy atom. The lowest BCUT2D eigenvalue weighted by atomic mass is 10.1. The molecule has 5 nitrogen and oxygen atoms in total. The minimum atomic E-state index is -1.24. The zero-order valence-corrected chi connectivity index (χ0v) is 16.0. The predicted molar refractivity (Wildman–Crippen MR) is 106 cm³/mol. The maximum absolute atomic E-state index is 14.0. The van der Waals surface area contributed by atoms with Gasteiger partial charge < -0.3 is 5.32 Å². The van der Waals surface area contributed by atoms with Crippen LogP contribution in [0.25, 0.3) is 15.9 Å². The number of carbonyl (C=O) groups excluding carboxylic acids is 1. The number of carbonyl (C=O) groups is 1. The number of fused-ring (bicyclic) bond motifs is 1. The van der Waals surface area contributed by atoms with Crippen LogP contribution in [-0.4, -0.2) is 15.7 Å². The van der Waals surface area contributed by atoms with Gasteiger partial charge in [0.05, 0.1) is 22.3 Å². The summed E-state index contributed by atoms with van der Waals surface area (Å²) in [5.41, 5.74) is 1.54. The highest BCUT2D eigenvalue weighted by Gasteiger charge is 2.22. The third-order valence-electron chi connectivity index (χ3n) is 4.45. The normalized spacial score (nSPS) is 11.9. The number of hydrogen-bond acceptors (Lipinski definition) is 4. The number of benzene rings is 2. The SMILES string of the molecule is Cc1nn(-c2ccccc2)c2sc(C(=O)NC(C#N)c3ccc(F)cc3F)cc12. The topological polar surface area (TPSA) is 70.7 Å². The lowest BCUT2D eigenvalue weighted by Crippen LogP contribution is -2.27. The van der Waals surface area contributed by atoms with E-state index in [1.165, 1.54) is 11.3 Å². The lowest BCUT2D eigenvalue weighted by Gasteiger charge is -2.12. The molecule has 8 heteroatoms. The lowest BCUT2D eigenvalue weighted by molar-refractivity contribution is 0.0949. The van der Waals surface area contributed by atoms with E-state index in [1.54, 1.807) is 10.7 Å². The minimum absolute atomic E-state index is 0.0880. The van der Waals surface area contributed by atoms with Crippen molar-refractivity contribution in [3.63, 3.8) is 0 Å². The quantitative estimate of drug-likeness (QED) is 0.534. The van der Waals surface area contributed by atoms with Gasteiger partial charge in [-0.3, -0.25) is 4.79 Å². The molecule has 1 unspecified atom stereocenters. The molecule has 0 saturated carbocycles. The van der Waals surface area contributed by atoms with E-state index in [1.807, 2.05) is 43.3 Å². The van der Waals surface area contributed by atoms with Crippen molar-refractivity contribution in [2.45, 2.75) is 13.0 Å². The van der Waals surface area contributed by atoms with Gasteiger partial charge in [0.15, 0.2) is 0 Å². The van der Waals surface area contributed by atoms with Gasteiger partial charge in [-0.05, 0) is 31.2 Å². The summed E-state index contributed by atoms with van der Waals surface area (Å²) in [7, 11) is 0. The van der Waals surface area contributed by atoms with Crippen molar-refractivity contribution in [2.75, 3.05) is 0 Å². The van der Waals surface area contributed by atoms with Gasteiger partial charge >= 0.3 is 0 Å². The molecule has 4 rings (SSSR count). The molecule has 2 aromatic carbocycles. The number of para-hydroxylation sites is 1. The van der Waals surface area contributed by atoms with E-state index in [0.717, 1.165) is 33.7 Å². The summed E-state index contributed by atoms with van der Waals surface area (Å²) in [6.07, 6.45) is 0. The molecule has 0 bridgehead atoms. The highest BCUT2D eigenvalue weighted by atomic mass is 32.1. The Hall–Kier alpha value is -3.57. The number of nitrogens with zero attached hydrogens (tertiary/aromatic N) is 3. The molecule has 1 amide bonds. The van der Waals surface area contributed by atoms with Gasteiger partial charge in [-0.2, -0.15) is 10.4 Å². The number of thiophene rings is 1. The second-order valence-electron chi connectivity index (χ2n) is 6.36. The van der Waals surface area contributed by atoms with Crippen molar-refractivity contribution >= 4 is 27.5 Å². The number of halogens is 2. The van der Waals surface area contributed by atoms with Crippen LogP contribution in [0.4, 0.5) is 8.78 Å². The van der Waals surface area contributed by atoms with Gasteiger partial charge in [0, 0.05) is 17.0 Å². The largest absolute Gasteiger partial charge is 0.332 e.